The zero-order valence-corrected chi connectivity index (χ0v) is 12.8. The van der Waals surface area contributed by atoms with Crippen LogP contribution in [0.4, 0.5) is 0 Å². The lowest BCUT2D eigenvalue weighted by Gasteiger charge is -2.35. The van der Waals surface area contributed by atoms with Crippen molar-refractivity contribution in [1.29, 1.82) is 0 Å². The van der Waals surface area contributed by atoms with Gasteiger partial charge in [0.25, 0.3) is 0 Å². The average molecular weight is 260 g/mol. The Morgan fingerprint density at radius 2 is 1.95 bits per heavy atom. The van der Waals surface area contributed by atoms with Crippen molar-refractivity contribution in [3.8, 4) is 0 Å². The number of benzene rings is 1. The molecule has 1 aromatic rings. The number of rotatable bonds is 5. The van der Waals surface area contributed by atoms with E-state index in [9.17, 15) is 0 Å². The fourth-order valence-electron chi connectivity index (χ4n) is 3.54. The van der Waals surface area contributed by atoms with Crippen LogP contribution in [0.1, 0.15) is 32.3 Å². The Kier molecular flexibility index (Phi) is 4.64. The van der Waals surface area contributed by atoms with E-state index >= 15 is 0 Å². The fraction of sp³-hybridized carbons (Fsp3) is 0.647. The Morgan fingerprint density at radius 1 is 1.26 bits per heavy atom. The maximum Gasteiger partial charge on any atom is 0.0271 e. The molecule has 2 heteroatoms. The number of nitrogens with one attached hydrogen (secondary N) is 1. The third-order valence-electron chi connectivity index (χ3n) is 4.78. The quantitative estimate of drug-likeness (QED) is 0.875. The first-order valence-corrected chi connectivity index (χ1v) is 7.46. The highest BCUT2D eigenvalue weighted by Crippen LogP contribution is 2.39. The summed E-state index contributed by atoms with van der Waals surface area (Å²) in [4.78, 5) is 2.54. The topological polar surface area (TPSA) is 15.3 Å². The summed E-state index contributed by atoms with van der Waals surface area (Å²) in [5.74, 6) is 0. The van der Waals surface area contributed by atoms with Crippen LogP contribution in [0.15, 0.2) is 30.3 Å². The largest absolute Gasteiger partial charge is 0.315 e. The molecule has 106 valence electrons. The highest BCUT2D eigenvalue weighted by Gasteiger charge is 2.42. The van der Waals surface area contributed by atoms with Crippen LogP contribution in [-0.4, -0.2) is 37.6 Å². The number of hydrogen-bond acceptors (Lipinski definition) is 2. The van der Waals surface area contributed by atoms with Crippen LogP contribution in [0, 0.1) is 5.41 Å². The molecule has 0 heterocycles. The van der Waals surface area contributed by atoms with Gasteiger partial charge < -0.3 is 10.2 Å². The lowest BCUT2D eigenvalue weighted by molar-refractivity contribution is 0.179. The van der Waals surface area contributed by atoms with Gasteiger partial charge in [-0.25, -0.2) is 0 Å². The molecule has 1 saturated carbocycles. The molecular weight excluding hydrogens is 232 g/mol. The molecule has 1 N–H and O–H groups in total. The van der Waals surface area contributed by atoms with Gasteiger partial charge >= 0.3 is 0 Å². The molecule has 0 amide bonds. The van der Waals surface area contributed by atoms with Crippen molar-refractivity contribution in [2.45, 2.75) is 45.2 Å². The number of likely N-dealkylation sites (N-methyl/N-ethyl adjacent to an activating group) is 2. The summed E-state index contributed by atoms with van der Waals surface area (Å²) in [7, 11) is 4.38. The number of nitrogens with zero attached hydrogens (tertiary/aromatic N) is 1. The van der Waals surface area contributed by atoms with Crippen LogP contribution in [0.2, 0.25) is 0 Å². The average Bonchev–Trinajstić information content (AvgIpc) is 2.72. The standard InChI is InChI=1S/C17H28N2/c1-17(2)12-10-15(16(17)18-3)19(4)13-11-14-8-6-5-7-9-14/h5-9,15-16,18H,10-13H2,1-4H3. The first kappa shape index (κ1) is 14.5. The minimum absolute atomic E-state index is 0.417. The molecule has 0 aromatic heterocycles. The molecule has 0 bridgehead atoms. The monoisotopic (exact) mass is 260 g/mol. The van der Waals surface area contributed by atoms with E-state index in [2.05, 4.69) is 68.5 Å². The van der Waals surface area contributed by atoms with Gasteiger partial charge in [0.2, 0.25) is 0 Å². The molecule has 2 nitrogen and oxygen atoms in total. The van der Waals surface area contributed by atoms with Gasteiger partial charge in [0.05, 0.1) is 0 Å². The molecule has 2 unspecified atom stereocenters. The zero-order chi connectivity index (χ0) is 13.9. The second-order valence-electron chi connectivity index (χ2n) is 6.58. The Bertz CT molecular complexity index is 386. The molecule has 0 spiro atoms. The minimum Gasteiger partial charge on any atom is -0.315 e. The first-order chi connectivity index (χ1) is 9.04. The van der Waals surface area contributed by atoms with E-state index in [-0.39, 0.29) is 0 Å². The van der Waals surface area contributed by atoms with Gasteiger partial charge in [0.1, 0.15) is 0 Å². The Hall–Kier alpha value is -0.860. The second kappa shape index (κ2) is 6.06. The SMILES string of the molecule is CNC1C(N(C)CCc2ccccc2)CCC1(C)C. The summed E-state index contributed by atoms with van der Waals surface area (Å²) < 4.78 is 0. The molecule has 1 fully saturated rings. The third kappa shape index (κ3) is 3.37. The maximum atomic E-state index is 3.54. The van der Waals surface area contributed by atoms with Crippen molar-refractivity contribution in [2.24, 2.45) is 5.41 Å². The van der Waals surface area contributed by atoms with Crippen LogP contribution in [0.25, 0.3) is 0 Å². The summed E-state index contributed by atoms with van der Waals surface area (Å²) in [6.45, 7) is 5.92. The van der Waals surface area contributed by atoms with Gasteiger partial charge in [-0.15, -0.1) is 0 Å². The molecule has 0 aliphatic heterocycles. The van der Waals surface area contributed by atoms with E-state index in [1.807, 2.05) is 0 Å². The molecule has 2 atom stereocenters. The molecule has 1 aliphatic rings. The van der Waals surface area contributed by atoms with Gasteiger partial charge in [-0.1, -0.05) is 44.2 Å². The Balaban J connectivity index is 1.91. The Morgan fingerprint density at radius 3 is 2.58 bits per heavy atom. The van der Waals surface area contributed by atoms with E-state index < -0.39 is 0 Å². The van der Waals surface area contributed by atoms with E-state index in [1.54, 1.807) is 0 Å². The van der Waals surface area contributed by atoms with Gasteiger partial charge in [-0.05, 0) is 44.3 Å². The van der Waals surface area contributed by atoms with Gasteiger partial charge in [-0.2, -0.15) is 0 Å². The predicted molar refractivity (Wildman–Crippen MR) is 82.4 cm³/mol. The summed E-state index contributed by atoms with van der Waals surface area (Å²) in [5, 5.41) is 3.54. The fourth-order valence-corrected chi connectivity index (χ4v) is 3.54. The first-order valence-electron chi connectivity index (χ1n) is 7.46. The summed E-state index contributed by atoms with van der Waals surface area (Å²) in [5.41, 5.74) is 1.85. The van der Waals surface area contributed by atoms with E-state index in [1.165, 1.54) is 18.4 Å². The van der Waals surface area contributed by atoms with Crippen molar-refractivity contribution in [3.63, 3.8) is 0 Å². The van der Waals surface area contributed by atoms with E-state index in [0.29, 0.717) is 17.5 Å². The van der Waals surface area contributed by atoms with Crippen LogP contribution >= 0.6 is 0 Å². The van der Waals surface area contributed by atoms with Crippen LogP contribution in [0.5, 0.6) is 0 Å². The van der Waals surface area contributed by atoms with Crippen molar-refractivity contribution < 1.29 is 0 Å². The van der Waals surface area contributed by atoms with E-state index in [4.69, 9.17) is 0 Å². The molecule has 0 saturated heterocycles. The molecule has 1 aliphatic carbocycles. The summed E-state index contributed by atoms with van der Waals surface area (Å²) in [6.07, 6.45) is 3.77. The molecule has 19 heavy (non-hydrogen) atoms. The summed E-state index contributed by atoms with van der Waals surface area (Å²) >= 11 is 0. The van der Waals surface area contributed by atoms with Crippen molar-refractivity contribution >= 4 is 0 Å². The van der Waals surface area contributed by atoms with Crippen LogP contribution < -0.4 is 5.32 Å². The van der Waals surface area contributed by atoms with Crippen molar-refractivity contribution in [3.05, 3.63) is 35.9 Å². The molecule has 1 aromatic carbocycles. The maximum absolute atomic E-state index is 3.54. The van der Waals surface area contributed by atoms with Crippen molar-refractivity contribution in [1.82, 2.24) is 10.2 Å². The normalized spacial score (nSPS) is 25.9. The Labute approximate surface area is 118 Å². The lowest BCUT2D eigenvalue weighted by atomic mass is 9.86. The van der Waals surface area contributed by atoms with Crippen LogP contribution in [-0.2, 0) is 6.42 Å². The number of hydrogen-bond donors (Lipinski definition) is 1. The predicted octanol–water partition coefficient (Wildman–Crippen LogP) is 2.94. The molecule has 0 radical (unpaired) electrons. The second-order valence-corrected chi connectivity index (χ2v) is 6.58. The third-order valence-corrected chi connectivity index (χ3v) is 4.78. The minimum atomic E-state index is 0.417. The molecule has 2 rings (SSSR count). The highest BCUT2D eigenvalue weighted by atomic mass is 15.2. The van der Waals surface area contributed by atoms with E-state index in [0.717, 1.165) is 13.0 Å². The summed E-state index contributed by atoms with van der Waals surface area (Å²) in [6, 6.07) is 12.1. The van der Waals surface area contributed by atoms with Gasteiger partial charge in [0, 0.05) is 18.6 Å². The lowest BCUT2D eigenvalue weighted by Crippen LogP contribution is -2.49. The highest BCUT2D eigenvalue weighted by molar-refractivity contribution is 5.15. The van der Waals surface area contributed by atoms with Crippen molar-refractivity contribution in [2.75, 3.05) is 20.6 Å². The molecular formula is C17H28N2. The zero-order valence-electron chi connectivity index (χ0n) is 12.8. The van der Waals surface area contributed by atoms with Gasteiger partial charge in [-0.3, -0.25) is 0 Å². The smallest absolute Gasteiger partial charge is 0.0271 e. The van der Waals surface area contributed by atoms with Crippen LogP contribution in [0.3, 0.4) is 0 Å². The van der Waals surface area contributed by atoms with Gasteiger partial charge in [0.15, 0.2) is 0 Å².